The molecule has 4 N–H and O–H groups in total. The lowest BCUT2D eigenvalue weighted by Gasteiger charge is -2.25. The Morgan fingerprint density at radius 2 is 0.792 bits per heavy atom. The SMILES string of the molecule is CN1CNc2ccccc2NCN(C)CNc2ccccc2NC1. The minimum Gasteiger partial charge on any atom is -0.371 e. The molecule has 0 atom stereocenters. The average molecular weight is 326 g/mol. The molecule has 0 fully saturated rings. The van der Waals surface area contributed by atoms with Crippen molar-refractivity contribution in [2.24, 2.45) is 0 Å². The van der Waals surface area contributed by atoms with E-state index in [0.29, 0.717) is 0 Å². The highest BCUT2D eigenvalue weighted by molar-refractivity contribution is 5.69. The highest BCUT2D eigenvalue weighted by Crippen LogP contribution is 2.22. The Labute approximate surface area is 143 Å². The van der Waals surface area contributed by atoms with E-state index in [2.05, 4.69) is 93.7 Å². The molecule has 1 aliphatic rings. The van der Waals surface area contributed by atoms with Crippen LogP contribution in [0.1, 0.15) is 0 Å². The van der Waals surface area contributed by atoms with Gasteiger partial charge in [0.05, 0.1) is 49.4 Å². The largest absolute Gasteiger partial charge is 0.371 e. The van der Waals surface area contributed by atoms with Gasteiger partial charge in [-0.1, -0.05) is 24.3 Å². The smallest absolute Gasteiger partial charge is 0.0690 e. The van der Waals surface area contributed by atoms with Gasteiger partial charge in [-0.2, -0.15) is 0 Å². The highest BCUT2D eigenvalue weighted by atomic mass is 15.3. The quantitative estimate of drug-likeness (QED) is 0.597. The molecular weight excluding hydrogens is 300 g/mol. The highest BCUT2D eigenvalue weighted by Gasteiger charge is 2.07. The summed E-state index contributed by atoms with van der Waals surface area (Å²) >= 11 is 0. The summed E-state index contributed by atoms with van der Waals surface area (Å²) in [5.74, 6) is 0. The van der Waals surface area contributed by atoms with Gasteiger partial charge in [0.25, 0.3) is 0 Å². The Balaban J connectivity index is 1.77. The molecule has 0 aliphatic carbocycles. The molecule has 2 aromatic carbocycles. The number of benzene rings is 2. The lowest BCUT2D eigenvalue weighted by Crippen LogP contribution is -2.33. The standard InChI is InChI=1S/C18H26N6/c1-23-11-19-15-7-3-5-9-17(15)21-13-24(2)14-22-18-10-6-4-8-16(18)20-12-23/h3-10,19-22H,11-14H2,1-2H3. The molecule has 0 bridgehead atoms. The first-order valence-electron chi connectivity index (χ1n) is 8.23. The van der Waals surface area contributed by atoms with Crippen molar-refractivity contribution in [2.75, 3.05) is 62.0 Å². The maximum atomic E-state index is 3.49. The van der Waals surface area contributed by atoms with Crippen molar-refractivity contribution in [2.45, 2.75) is 0 Å². The van der Waals surface area contributed by atoms with E-state index in [1.165, 1.54) is 0 Å². The molecule has 0 aromatic heterocycles. The van der Waals surface area contributed by atoms with Crippen LogP contribution in [0.3, 0.4) is 0 Å². The first-order chi connectivity index (χ1) is 11.7. The molecule has 1 aliphatic heterocycles. The number of para-hydroxylation sites is 4. The normalized spacial score (nSPS) is 17.1. The Bertz CT molecular complexity index is 548. The molecule has 0 saturated heterocycles. The minimum absolute atomic E-state index is 0.761. The van der Waals surface area contributed by atoms with Crippen molar-refractivity contribution in [1.29, 1.82) is 0 Å². The van der Waals surface area contributed by atoms with E-state index in [1.54, 1.807) is 0 Å². The molecule has 0 saturated carbocycles. The van der Waals surface area contributed by atoms with E-state index in [1.807, 2.05) is 0 Å². The number of hydrogen-bond acceptors (Lipinski definition) is 6. The number of fused-ring (bicyclic) bond motifs is 2. The Hall–Kier alpha value is -2.44. The second-order valence-corrected chi connectivity index (χ2v) is 6.14. The van der Waals surface area contributed by atoms with Gasteiger partial charge >= 0.3 is 0 Å². The first-order valence-corrected chi connectivity index (χ1v) is 8.23. The maximum Gasteiger partial charge on any atom is 0.0690 e. The van der Waals surface area contributed by atoms with Crippen molar-refractivity contribution >= 4 is 22.7 Å². The Morgan fingerprint density at radius 1 is 0.542 bits per heavy atom. The van der Waals surface area contributed by atoms with Crippen LogP contribution in [0.4, 0.5) is 22.7 Å². The molecular formula is C18H26N6. The monoisotopic (exact) mass is 326 g/mol. The van der Waals surface area contributed by atoms with Gasteiger partial charge in [-0.05, 0) is 38.4 Å². The lowest BCUT2D eigenvalue weighted by molar-refractivity contribution is 0.381. The molecule has 3 rings (SSSR count). The fraction of sp³-hybridized carbons (Fsp3) is 0.333. The van der Waals surface area contributed by atoms with Gasteiger partial charge in [-0.3, -0.25) is 9.80 Å². The maximum absolute atomic E-state index is 3.49. The van der Waals surface area contributed by atoms with Gasteiger partial charge in [0.1, 0.15) is 0 Å². The summed E-state index contributed by atoms with van der Waals surface area (Å²) in [5.41, 5.74) is 4.46. The predicted octanol–water partition coefficient (Wildman–Crippen LogP) is 2.74. The van der Waals surface area contributed by atoms with Crippen molar-refractivity contribution in [3.8, 4) is 0 Å². The lowest BCUT2D eigenvalue weighted by atomic mass is 10.2. The van der Waals surface area contributed by atoms with Gasteiger partial charge in [0, 0.05) is 0 Å². The van der Waals surface area contributed by atoms with Crippen molar-refractivity contribution in [3.63, 3.8) is 0 Å². The number of rotatable bonds is 0. The van der Waals surface area contributed by atoms with Crippen molar-refractivity contribution in [1.82, 2.24) is 9.80 Å². The summed E-state index contributed by atoms with van der Waals surface area (Å²) in [6, 6.07) is 16.6. The topological polar surface area (TPSA) is 54.6 Å². The first kappa shape index (κ1) is 16.4. The molecule has 1 heterocycles. The number of hydrogen-bond donors (Lipinski definition) is 4. The van der Waals surface area contributed by atoms with Crippen LogP contribution in [-0.2, 0) is 0 Å². The zero-order valence-corrected chi connectivity index (χ0v) is 14.3. The number of nitrogens with zero attached hydrogens (tertiary/aromatic N) is 2. The van der Waals surface area contributed by atoms with Crippen LogP contribution in [0.5, 0.6) is 0 Å². The van der Waals surface area contributed by atoms with Crippen molar-refractivity contribution < 1.29 is 0 Å². The van der Waals surface area contributed by atoms with Crippen LogP contribution in [0.15, 0.2) is 48.5 Å². The van der Waals surface area contributed by atoms with Gasteiger partial charge < -0.3 is 21.3 Å². The summed E-state index contributed by atoms with van der Waals surface area (Å²) in [5, 5.41) is 14.0. The third kappa shape index (κ3) is 4.31. The van der Waals surface area contributed by atoms with Crippen LogP contribution in [0.25, 0.3) is 0 Å². The van der Waals surface area contributed by atoms with E-state index in [0.717, 1.165) is 49.4 Å². The Morgan fingerprint density at radius 3 is 1.04 bits per heavy atom. The molecule has 0 radical (unpaired) electrons. The van der Waals surface area contributed by atoms with Crippen LogP contribution < -0.4 is 21.3 Å². The van der Waals surface area contributed by atoms with Crippen LogP contribution in [-0.4, -0.2) is 50.6 Å². The molecule has 0 unspecified atom stereocenters. The predicted molar refractivity (Wildman–Crippen MR) is 102 cm³/mol. The number of nitrogens with one attached hydrogen (secondary N) is 4. The third-order valence-electron chi connectivity index (χ3n) is 4.01. The van der Waals surface area contributed by atoms with Gasteiger partial charge in [-0.15, -0.1) is 0 Å². The minimum atomic E-state index is 0.761. The van der Waals surface area contributed by atoms with Gasteiger partial charge in [0.2, 0.25) is 0 Å². The van der Waals surface area contributed by atoms with E-state index >= 15 is 0 Å². The summed E-state index contributed by atoms with van der Waals surface area (Å²) < 4.78 is 0. The number of anilines is 4. The van der Waals surface area contributed by atoms with Crippen LogP contribution >= 0.6 is 0 Å². The van der Waals surface area contributed by atoms with E-state index in [9.17, 15) is 0 Å². The second-order valence-electron chi connectivity index (χ2n) is 6.14. The zero-order chi connectivity index (χ0) is 16.8. The molecule has 24 heavy (non-hydrogen) atoms. The van der Waals surface area contributed by atoms with Crippen molar-refractivity contribution in [3.05, 3.63) is 48.5 Å². The second kappa shape index (κ2) is 7.90. The molecule has 6 nitrogen and oxygen atoms in total. The summed E-state index contributed by atoms with van der Waals surface area (Å²) in [4.78, 5) is 4.40. The molecule has 2 aromatic rings. The average Bonchev–Trinajstić information content (AvgIpc) is 2.62. The van der Waals surface area contributed by atoms with Gasteiger partial charge in [0.15, 0.2) is 0 Å². The third-order valence-corrected chi connectivity index (χ3v) is 4.01. The van der Waals surface area contributed by atoms with Gasteiger partial charge in [-0.25, -0.2) is 0 Å². The fourth-order valence-corrected chi connectivity index (χ4v) is 2.58. The summed E-state index contributed by atoms with van der Waals surface area (Å²) in [6.07, 6.45) is 0. The fourth-order valence-electron chi connectivity index (χ4n) is 2.58. The Kier molecular flexibility index (Phi) is 5.40. The van der Waals surface area contributed by atoms with Crippen LogP contribution in [0, 0.1) is 0 Å². The zero-order valence-electron chi connectivity index (χ0n) is 14.3. The molecule has 0 spiro atoms. The van der Waals surface area contributed by atoms with E-state index < -0.39 is 0 Å². The summed E-state index contributed by atoms with van der Waals surface area (Å²) in [6.45, 7) is 3.04. The van der Waals surface area contributed by atoms with E-state index in [-0.39, 0.29) is 0 Å². The summed E-state index contributed by atoms with van der Waals surface area (Å²) in [7, 11) is 4.18. The van der Waals surface area contributed by atoms with E-state index in [4.69, 9.17) is 0 Å². The molecule has 0 amide bonds. The molecule has 6 heteroatoms. The molecule has 128 valence electrons. The van der Waals surface area contributed by atoms with Crippen LogP contribution in [0.2, 0.25) is 0 Å².